The molecule has 1 N–H and O–H groups in total. The Bertz CT molecular complexity index is 719. The summed E-state index contributed by atoms with van der Waals surface area (Å²) in [4.78, 5) is 20.8. The van der Waals surface area contributed by atoms with Crippen LogP contribution in [0, 0.1) is 5.92 Å². The van der Waals surface area contributed by atoms with Gasteiger partial charge in [-0.05, 0) is 18.1 Å². The molecule has 0 fully saturated rings. The van der Waals surface area contributed by atoms with E-state index in [9.17, 15) is 18.0 Å². The van der Waals surface area contributed by atoms with Gasteiger partial charge in [-0.25, -0.2) is 14.8 Å². The number of para-hydroxylation sites is 1. The summed E-state index contributed by atoms with van der Waals surface area (Å²) in [5.41, 5.74) is -0.599. The molecule has 0 aliphatic carbocycles. The van der Waals surface area contributed by atoms with Crippen molar-refractivity contribution >= 4 is 11.7 Å². The van der Waals surface area contributed by atoms with E-state index in [4.69, 9.17) is 0 Å². The third-order valence-electron chi connectivity index (χ3n) is 3.72. The number of carbonyl (C=O) groups excluding carboxylic acids is 1. The number of anilines is 1. The molecule has 134 valence electrons. The second-order valence-corrected chi connectivity index (χ2v) is 5.92. The van der Waals surface area contributed by atoms with Crippen LogP contribution in [0.25, 0.3) is 0 Å². The average molecular weight is 352 g/mol. The fourth-order valence-electron chi connectivity index (χ4n) is 2.67. The molecular formula is C17H19F3N4O. The van der Waals surface area contributed by atoms with Gasteiger partial charge in [-0.2, -0.15) is 13.2 Å². The molecule has 0 spiro atoms. The highest BCUT2D eigenvalue weighted by Gasteiger charge is 2.39. The maximum Gasteiger partial charge on any atom is 0.433 e. The summed E-state index contributed by atoms with van der Waals surface area (Å²) in [6, 6.07) is 7.35. The van der Waals surface area contributed by atoms with Gasteiger partial charge >= 0.3 is 12.2 Å². The molecule has 2 amide bonds. The molecule has 0 saturated heterocycles. The number of amides is 2. The number of hydrogen-bond acceptors (Lipinski definition) is 3. The van der Waals surface area contributed by atoms with Crippen LogP contribution in [0.1, 0.15) is 31.1 Å². The van der Waals surface area contributed by atoms with E-state index in [1.165, 1.54) is 11.9 Å². The fraction of sp³-hybridized carbons (Fsp3) is 0.353. The number of nitrogens with zero attached hydrogens (tertiary/aromatic N) is 3. The lowest BCUT2D eigenvalue weighted by Gasteiger charge is -2.32. The van der Waals surface area contributed by atoms with E-state index in [-0.39, 0.29) is 11.5 Å². The van der Waals surface area contributed by atoms with E-state index in [0.717, 1.165) is 12.5 Å². The van der Waals surface area contributed by atoms with Crippen molar-refractivity contribution in [3.8, 4) is 0 Å². The van der Waals surface area contributed by atoms with Gasteiger partial charge in [0.2, 0.25) is 0 Å². The molecule has 1 atom stereocenters. The Labute approximate surface area is 143 Å². The van der Waals surface area contributed by atoms with Gasteiger partial charge in [-0.1, -0.05) is 32.0 Å². The number of nitrogens with one attached hydrogen (secondary N) is 1. The molecule has 1 unspecified atom stereocenters. The van der Waals surface area contributed by atoms with Gasteiger partial charge in [0, 0.05) is 24.5 Å². The fourth-order valence-corrected chi connectivity index (χ4v) is 2.67. The van der Waals surface area contributed by atoms with Crippen LogP contribution in [0.3, 0.4) is 0 Å². The summed E-state index contributed by atoms with van der Waals surface area (Å²) in [5.74, 6) is -0.279. The van der Waals surface area contributed by atoms with Crippen LogP contribution in [-0.4, -0.2) is 27.9 Å². The van der Waals surface area contributed by atoms with Crippen LogP contribution in [0.5, 0.6) is 0 Å². The third kappa shape index (κ3) is 4.46. The lowest BCUT2D eigenvalue weighted by atomic mass is 9.94. The zero-order valence-electron chi connectivity index (χ0n) is 14.1. The zero-order chi connectivity index (χ0) is 18.6. The van der Waals surface area contributed by atoms with Gasteiger partial charge in [-0.15, -0.1) is 0 Å². The highest BCUT2D eigenvalue weighted by atomic mass is 19.4. The van der Waals surface area contributed by atoms with E-state index < -0.39 is 23.9 Å². The van der Waals surface area contributed by atoms with Gasteiger partial charge in [0.15, 0.2) is 5.69 Å². The first kappa shape index (κ1) is 18.7. The minimum Gasteiger partial charge on any atom is -0.320 e. The molecule has 0 aliphatic heterocycles. The Morgan fingerprint density at radius 3 is 2.40 bits per heavy atom. The first-order valence-corrected chi connectivity index (χ1v) is 7.67. The number of benzene rings is 1. The van der Waals surface area contributed by atoms with E-state index in [1.54, 1.807) is 44.2 Å². The molecule has 5 nitrogen and oxygen atoms in total. The molecule has 0 aliphatic rings. The monoisotopic (exact) mass is 352 g/mol. The summed E-state index contributed by atoms with van der Waals surface area (Å²) in [6.45, 7) is 3.48. The number of alkyl halides is 3. The van der Waals surface area contributed by atoms with E-state index in [1.807, 2.05) is 0 Å². The predicted octanol–water partition coefficient (Wildman–Crippen LogP) is 4.36. The number of hydrogen-bond donors (Lipinski definition) is 1. The number of urea groups is 1. The molecule has 25 heavy (non-hydrogen) atoms. The van der Waals surface area contributed by atoms with E-state index in [0.29, 0.717) is 5.69 Å². The van der Waals surface area contributed by atoms with Gasteiger partial charge in [0.05, 0.1) is 6.04 Å². The van der Waals surface area contributed by atoms with E-state index >= 15 is 0 Å². The zero-order valence-corrected chi connectivity index (χ0v) is 14.1. The third-order valence-corrected chi connectivity index (χ3v) is 3.72. The molecular weight excluding hydrogens is 333 g/mol. The maximum absolute atomic E-state index is 13.3. The number of aromatic nitrogens is 2. The minimum absolute atomic E-state index is 0.129. The van der Waals surface area contributed by atoms with Crippen LogP contribution < -0.4 is 5.32 Å². The molecule has 1 heterocycles. The summed E-state index contributed by atoms with van der Waals surface area (Å²) in [5, 5.41) is 2.67. The quantitative estimate of drug-likeness (QED) is 0.890. The largest absolute Gasteiger partial charge is 0.433 e. The Kier molecular flexibility index (Phi) is 5.61. The Morgan fingerprint density at radius 2 is 1.84 bits per heavy atom. The van der Waals surface area contributed by atoms with Crippen LogP contribution in [0.2, 0.25) is 0 Å². The first-order valence-electron chi connectivity index (χ1n) is 7.67. The molecule has 2 aromatic rings. The number of carbonyl (C=O) groups is 1. The molecule has 1 aromatic carbocycles. The normalized spacial score (nSPS) is 12.8. The molecule has 0 saturated carbocycles. The summed E-state index contributed by atoms with van der Waals surface area (Å²) in [6.07, 6.45) is -2.65. The van der Waals surface area contributed by atoms with Crippen molar-refractivity contribution < 1.29 is 18.0 Å². The summed E-state index contributed by atoms with van der Waals surface area (Å²) in [7, 11) is 1.45. The molecule has 1 aromatic heterocycles. The maximum atomic E-state index is 13.3. The smallest absolute Gasteiger partial charge is 0.320 e. The Balaban J connectivity index is 2.34. The van der Waals surface area contributed by atoms with Gasteiger partial charge in [0.1, 0.15) is 6.33 Å². The predicted molar refractivity (Wildman–Crippen MR) is 87.8 cm³/mol. The van der Waals surface area contributed by atoms with Crippen molar-refractivity contribution in [3.63, 3.8) is 0 Å². The molecule has 0 bridgehead atoms. The topological polar surface area (TPSA) is 58.1 Å². The second kappa shape index (κ2) is 7.50. The van der Waals surface area contributed by atoms with Crippen molar-refractivity contribution in [1.29, 1.82) is 0 Å². The highest BCUT2D eigenvalue weighted by molar-refractivity contribution is 5.89. The average Bonchev–Trinajstić information content (AvgIpc) is 2.55. The highest BCUT2D eigenvalue weighted by Crippen LogP contribution is 2.37. The lowest BCUT2D eigenvalue weighted by Crippen LogP contribution is -2.38. The van der Waals surface area contributed by atoms with Crippen LogP contribution >= 0.6 is 0 Å². The van der Waals surface area contributed by atoms with Crippen LogP contribution in [0.4, 0.5) is 23.7 Å². The van der Waals surface area contributed by atoms with Crippen molar-refractivity contribution in [2.75, 3.05) is 12.4 Å². The Morgan fingerprint density at radius 1 is 1.20 bits per heavy atom. The lowest BCUT2D eigenvalue weighted by molar-refractivity contribution is -0.142. The van der Waals surface area contributed by atoms with Crippen LogP contribution in [-0.2, 0) is 6.18 Å². The molecule has 0 radical (unpaired) electrons. The second-order valence-electron chi connectivity index (χ2n) is 5.92. The number of halogens is 3. The van der Waals surface area contributed by atoms with Gasteiger partial charge in [-0.3, -0.25) is 0 Å². The van der Waals surface area contributed by atoms with Crippen molar-refractivity contribution in [2.45, 2.75) is 26.1 Å². The van der Waals surface area contributed by atoms with Crippen molar-refractivity contribution in [3.05, 3.63) is 54.1 Å². The SMILES string of the molecule is CC(C)C(c1cncnc1C(F)(F)F)N(C)C(=O)Nc1ccccc1. The first-order chi connectivity index (χ1) is 11.7. The van der Waals surface area contributed by atoms with Crippen LogP contribution in [0.15, 0.2) is 42.9 Å². The summed E-state index contributed by atoms with van der Waals surface area (Å²) < 4.78 is 39.8. The minimum atomic E-state index is -4.62. The summed E-state index contributed by atoms with van der Waals surface area (Å²) >= 11 is 0. The Hall–Kier alpha value is -2.64. The standard InChI is InChI=1S/C17H19F3N4O/c1-11(2)14(13-9-21-10-22-15(13)17(18,19)20)24(3)16(25)23-12-7-5-4-6-8-12/h4-11,14H,1-3H3,(H,23,25). The van der Waals surface area contributed by atoms with E-state index in [2.05, 4.69) is 15.3 Å². The van der Waals surface area contributed by atoms with Gasteiger partial charge < -0.3 is 10.2 Å². The molecule has 8 heteroatoms. The van der Waals surface area contributed by atoms with Crippen molar-refractivity contribution in [2.24, 2.45) is 5.92 Å². The number of rotatable bonds is 4. The molecule has 2 rings (SSSR count). The van der Waals surface area contributed by atoms with Crippen molar-refractivity contribution in [1.82, 2.24) is 14.9 Å². The van der Waals surface area contributed by atoms with Gasteiger partial charge in [0.25, 0.3) is 0 Å².